The first-order valence-corrected chi connectivity index (χ1v) is 9.36. The van der Waals surface area contributed by atoms with Crippen molar-refractivity contribution in [1.82, 2.24) is 4.90 Å². The van der Waals surface area contributed by atoms with E-state index < -0.39 is 0 Å². The maximum Gasteiger partial charge on any atom is 0.260 e. The van der Waals surface area contributed by atoms with Crippen molar-refractivity contribution in [3.8, 4) is 5.75 Å². The van der Waals surface area contributed by atoms with Gasteiger partial charge < -0.3 is 14.4 Å². The van der Waals surface area contributed by atoms with Crippen molar-refractivity contribution in [2.75, 3.05) is 19.8 Å². The second kappa shape index (κ2) is 9.00. The summed E-state index contributed by atoms with van der Waals surface area (Å²) in [6.07, 6.45) is 1.91. The van der Waals surface area contributed by atoms with Gasteiger partial charge in [0.25, 0.3) is 5.91 Å². The van der Waals surface area contributed by atoms with Crippen molar-refractivity contribution in [1.29, 1.82) is 0 Å². The number of ether oxygens (including phenoxy) is 2. The molecule has 144 valence electrons. The van der Waals surface area contributed by atoms with Crippen LogP contribution in [0.4, 0.5) is 4.39 Å². The molecule has 1 aliphatic heterocycles. The van der Waals surface area contributed by atoms with Gasteiger partial charge in [-0.15, -0.1) is 0 Å². The van der Waals surface area contributed by atoms with Crippen LogP contribution in [-0.2, 0) is 16.1 Å². The topological polar surface area (TPSA) is 38.8 Å². The minimum absolute atomic E-state index is 0.00217. The highest BCUT2D eigenvalue weighted by atomic mass is 19.1. The Bertz CT molecular complexity index is 787. The third kappa shape index (κ3) is 5.30. The predicted octanol–water partition coefficient (Wildman–Crippen LogP) is 4.03. The van der Waals surface area contributed by atoms with Crippen LogP contribution in [0.3, 0.4) is 0 Å². The molecule has 1 saturated heterocycles. The molecule has 27 heavy (non-hydrogen) atoms. The number of nitrogens with zero attached hydrogens (tertiary/aromatic N) is 1. The number of amides is 1. The van der Waals surface area contributed by atoms with Gasteiger partial charge in [0, 0.05) is 25.3 Å². The van der Waals surface area contributed by atoms with Crippen LogP contribution in [0.15, 0.2) is 42.5 Å². The first kappa shape index (κ1) is 19.4. The maximum atomic E-state index is 14.1. The van der Waals surface area contributed by atoms with Gasteiger partial charge in [-0.05, 0) is 56.0 Å². The van der Waals surface area contributed by atoms with Gasteiger partial charge >= 0.3 is 0 Å². The number of hydrogen-bond acceptors (Lipinski definition) is 3. The summed E-state index contributed by atoms with van der Waals surface area (Å²) >= 11 is 0. The number of rotatable bonds is 7. The molecule has 3 rings (SSSR count). The van der Waals surface area contributed by atoms with E-state index in [9.17, 15) is 9.18 Å². The zero-order valence-corrected chi connectivity index (χ0v) is 15.9. The minimum atomic E-state index is -0.308. The van der Waals surface area contributed by atoms with Gasteiger partial charge in [0.15, 0.2) is 6.61 Å². The van der Waals surface area contributed by atoms with Crippen LogP contribution in [0.5, 0.6) is 5.75 Å². The first-order chi connectivity index (χ1) is 13.0. The molecule has 1 fully saturated rings. The molecule has 0 bridgehead atoms. The highest BCUT2D eigenvalue weighted by molar-refractivity contribution is 5.77. The average Bonchev–Trinajstić information content (AvgIpc) is 3.17. The summed E-state index contributed by atoms with van der Waals surface area (Å²) in [5, 5.41) is 0. The Labute approximate surface area is 159 Å². The minimum Gasteiger partial charge on any atom is -0.484 e. The Morgan fingerprint density at radius 3 is 2.74 bits per heavy atom. The Hall–Kier alpha value is -2.40. The zero-order chi connectivity index (χ0) is 19.2. The maximum absolute atomic E-state index is 14.1. The van der Waals surface area contributed by atoms with E-state index in [-0.39, 0.29) is 31.0 Å². The van der Waals surface area contributed by atoms with E-state index in [0.717, 1.165) is 18.4 Å². The van der Waals surface area contributed by atoms with Crippen molar-refractivity contribution in [2.45, 2.75) is 39.3 Å². The summed E-state index contributed by atoms with van der Waals surface area (Å²) in [6.45, 7) is 5.33. The average molecular weight is 371 g/mol. The smallest absolute Gasteiger partial charge is 0.260 e. The molecule has 0 N–H and O–H groups in total. The molecule has 2 aromatic rings. The number of carbonyl (C=O) groups excluding carboxylic acids is 1. The third-order valence-electron chi connectivity index (χ3n) is 4.96. The first-order valence-electron chi connectivity index (χ1n) is 9.36. The summed E-state index contributed by atoms with van der Waals surface area (Å²) in [5.74, 6) is 0.180. The highest BCUT2D eigenvalue weighted by Crippen LogP contribution is 2.19. The molecule has 0 radical (unpaired) electrons. The van der Waals surface area contributed by atoms with E-state index in [1.165, 1.54) is 11.6 Å². The van der Waals surface area contributed by atoms with Gasteiger partial charge in [-0.3, -0.25) is 4.79 Å². The lowest BCUT2D eigenvalue weighted by molar-refractivity contribution is -0.135. The molecule has 1 aliphatic rings. The summed E-state index contributed by atoms with van der Waals surface area (Å²) in [6, 6.07) is 12.3. The lowest BCUT2D eigenvalue weighted by Gasteiger charge is -2.26. The Morgan fingerprint density at radius 2 is 2.04 bits per heavy atom. The van der Waals surface area contributed by atoms with E-state index in [1.54, 1.807) is 23.1 Å². The Balaban J connectivity index is 1.67. The molecular weight excluding hydrogens is 345 g/mol. The molecule has 1 unspecified atom stereocenters. The number of aryl methyl sites for hydroxylation is 2. The monoisotopic (exact) mass is 371 g/mol. The molecule has 4 nitrogen and oxygen atoms in total. The molecular formula is C22H26FNO3. The van der Waals surface area contributed by atoms with Gasteiger partial charge in [-0.25, -0.2) is 4.39 Å². The predicted molar refractivity (Wildman–Crippen MR) is 102 cm³/mol. The largest absolute Gasteiger partial charge is 0.484 e. The molecule has 0 aromatic heterocycles. The van der Waals surface area contributed by atoms with E-state index in [0.29, 0.717) is 24.5 Å². The summed E-state index contributed by atoms with van der Waals surface area (Å²) in [4.78, 5) is 14.4. The van der Waals surface area contributed by atoms with Crippen LogP contribution in [0.2, 0.25) is 0 Å². The van der Waals surface area contributed by atoms with Crippen LogP contribution in [0.25, 0.3) is 0 Å². The quantitative estimate of drug-likeness (QED) is 0.738. The summed E-state index contributed by atoms with van der Waals surface area (Å²) in [7, 11) is 0. The zero-order valence-electron chi connectivity index (χ0n) is 15.9. The highest BCUT2D eigenvalue weighted by Gasteiger charge is 2.24. The fourth-order valence-corrected chi connectivity index (χ4v) is 3.16. The molecule has 1 heterocycles. The van der Waals surface area contributed by atoms with Gasteiger partial charge in [0.05, 0.1) is 6.10 Å². The van der Waals surface area contributed by atoms with Gasteiger partial charge in [0.2, 0.25) is 0 Å². The normalized spacial score (nSPS) is 16.3. The molecule has 0 aliphatic carbocycles. The fourth-order valence-electron chi connectivity index (χ4n) is 3.16. The molecule has 5 heteroatoms. The lowest BCUT2D eigenvalue weighted by atomic mass is 10.1. The number of halogens is 1. The van der Waals surface area contributed by atoms with E-state index in [2.05, 4.69) is 0 Å². The van der Waals surface area contributed by atoms with Gasteiger partial charge in [0.1, 0.15) is 11.6 Å². The van der Waals surface area contributed by atoms with Crippen molar-refractivity contribution in [3.05, 3.63) is 65.0 Å². The second-order valence-corrected chi connectivity index (χ2v) is 7.04. The van der Waals surface area contributed by atoms with Crippen LogP contribution in [-0.4, -0.2) is 36.7 Å². The van der Waals surface area contributed by atoms with Gasteiger partial charge in [-0.1, -0.05) is 24.3 Å². The standard InChI is InChI=1S/C22H26FNO3/c1-16-9-10-19(12-17(16)2)27-15-22(25)24(14-20-7-5-11-26-20)13-18-6-3-4-8-21(18)23/h3-4,6,8-10,12,20H,5,7,11,13-15H2,1-2H3. The van der Waals surface area contributed by atoms with Crippen LogP contribution in [0, 0.1) is 19.7 Å². The molecule has 1 amide bonds. The Kier molecular flexibility index (Phi) is 6.45. The molecule has 0 spiro atoms. The number of hydrogen-bond donors (Lipinski definition) is 0. The van der Waals surface area contributed by atoms with E-state index in [1.807, 2.05) is 32.0 Å². The van der Waals surface area contributed by atoms with E-state index >= 15 is 0 Å². The number of carbonyl (C=O) groups is 1. The lowest BCUT2D eigenvalue weighted by Crippen LogP contribution is -2.39. The van der Waals surface area contributed by atoms with Crippen molar-refractivity contribution in [3.63, 3.8) is 0 Å². The van der Waals surface area contributed by atoms with Crippen molar-refractivity contribution < 1.29 is 18.7 Å². The summed E-state index contributed by atoms with van der Waals surface area (Å²) < 4.78 is 25.4. The molecule has 2 aromatic carbocycles. The second-order valence-electron chi connectivity index (χ2n) is 7.04. The van der Waals surface area contributed by atoms with E-state index in [4.69, 9.17) is 9.47 Å². The van der Waals surface area contributed by atoms with Crippen LogP contribution >= 0.6 is 0 Å². The van der Waals surface area contributed by atoms with Crippen molar-refractivity contribution >= 4 is 5.91 Å². The van der Waals surface area contributed by atoms with Gasteiger partial charge in [-0.2, -0.15) is 0 Å². The molecule has 1 atom stereocenters. The fraction of sp³-hybridized carbons (Fsp3) is 0.409. The number of benzene rings is 2. The Morgan fingerprint density at radius 1 is 1.22 bits per heavy atom. The van der Waals surface area contributed by atoms with Crippen molar-refractivity contribution in [2.24, 2.45) is 0 Å². The summed E-state index contributed by atoms with van der Waals surface area (Å²) in [5.41, 5.74) is 2.78. The SMILES string of the molecule is Cc1ccc(OCC(=O)N(Cc2ccccc2F)CC2CCCO2)cc1C. The molecule has 0 saturated carbocycles. The van der Waals surface area contributed by atoms with Crippen LogP contribution in [0.1, 0.15) is 29.5 Å². The van der Waals surface area contributed by atoms with Crippen LogP contribution < -0.4 is 4.74 Å². The third-order valence-corrected chi connectivity index (χ3v) is 4.96.